The highest BCUT2D eigenvalue weighted by molar-refractivity contribution is 4.52. The molecule has 0 amide bonds. The van der Waals surface area contributed by atoms with Crippen molar-refractivity contribution in [3.05, 3.63) is 0 Å². The topological polar surface area (TPSA) is 0 Å². The van der Waals surface area contributed by atoms with Crippen LogP contribution in [0.15, 0.2) is 0 Å². The maximum atomic E-state index is 2.34. The molecule has 0 heterocycles. The molecule has 0 radical (unpaired) electrons. The van der Waals surface area contributed by atoms with Crippen LogP contribution in [0.3, 0.4) is 0 Å². The van der Waals surface area contributed by atoms with E-state index in [0.29, 0.717) is 0 Å². The lowest BCUT2D eigenvalue weighted by Crippen LogP contribution is -1.95. The molecule has 1 rings (SSSR count). The van der Waals surface area contributed by atoms with Gasteiger partial charge in [0.2, 0.25) is 0 Å². The van der Waals surface area contributed by atoms with Crippen LogP contribution in [0.25, 0.3) is 0 Å². The Hall–Kier alpha value is 0. The lowest BCUT2D eigenvalue weighted by molar-refractivity contribution is 0.441. The second kappa shape index (κ2) is 10.5. The minimum atomic E-state index is 0.888. The minimum Gasteiger partial charge on any atom is -0.0651 e. The van der Waals surface area contributed by atoms with E-state index >= 15 is 0 Å². The standard InChI is InChI=1S/C9H20.C6H12/c1-5-9(4)7-6-8(2)3;1-2-4-6-5-3-1/h8-9H,5-7H2,1-4H3;1-6H2. The van der Waals surface area contributed by atoms with Crippen LogP contribution in [0.2, 0.25) is 0 Å². The minimum absolute atomic E-state index is 0.888. The Bertz CT molecular complexity index is 99.7. The molecule has 0 aromatic heterocycles. The van der Waals surface area contributed by atoms with Crippen molar-refractivity contribution in [3.63, 3.8) is 0 Å². The predicted octanol–water partition coefficient (Wildman–Crippen LogP) is 5.81. The third-order valence-corrected chi connectivity index (χ3v) is 3.43. The van der Waals surface area contributed by atoms with Crippen LogP contribution in [-0.4, -0.2) is 0 Å². The van der Waals surface area contributed by atoms with Crippen LogP contribution >= 0.6 is 0 Å². The van der Waals surface area contributed by atoms with E-state index in [1.165, 1.54) is 57.8 Å². The molecule has 0 aromatic carbocycles. The molecule has 1 atom stereocenters. The molecule has 1 fully saturated rings. The zero-order valence-electron chi connectivity index (χ0n) is 11.5. The summed E-state index contributed by atoms with van der Waals surface area (Å²) in [5.74, 6) is 1.83. The molecule has 15 heavy (non-hydrogen) atoms. The van der Waals surface area contributed by atoms with E-state index in [1.807, 2.05) is 0 Å². The zero-order chi connectivity index (χ0) is 11.5. The van der Waals surface area contributed by atoms with Crippen molar-refractivity contribution >= 4 is 0 Å². The molecule has 0 saturated heterocycles. The Morgan fingerprint density at radius 3 is 1.40 bits per heavy atom. The average molecular weight is 212 g/mol. The highest BCUT2D eigenvalue weighted by Crippen LogP contribution is 2.15. The second-order valence-corrected chi connectivity index (χ2v) is 5.61. The van der Waals surface area contributed by atoms with Crippen LogP contribution in [0.4, 0.5) is 0 Å². The quantitative estimate of drug-likeness (QED) is 0.551. The van der Waals surface area contributed by atoms with Gasteiger partial charge in [-0.15, -0.1) is 0 Å². The number of hydrogen-bond acceptors (Lipinski definition) is 0. The summed E-state index contributed by atoms with van der Waals surface area (Å²) in [7, 11) is 0. The summed E-state index contributed by atoms with van der Waals surface area (Å²) >= 11 is 0. The molecule has 0 aliphatic heterocycles. The fourth-order valence-electron chi connectivity index (χ4n) is 1.88. The van der Waals surface area contributed by atoms with Gasteiger partial charge in [-0.05, 0) is 11.8 Å². The molecular formula is C15H32. The van der Waals surface area contributed by atoms with E-state index in [0.717, 1.165) is 11.8 Å². The largest absolute Gasteiger partial charge is 0.0651 e. The maximum absolute atomic E-state index is 2.34. The Kier molecular flexibility index (Phi) is 10.5. The van der Waals surface area contributed by atoms with E-state index in [-0.39, 0.29) is 0 Å². The monoisotopic (exact) mass is 212 g/mol. The summed E-state index contributed by atoms with van der Waals surface area (Å²) < 4.78 is 0. The van der Waals surface area contributed by atoms with E-state index in [4.69, 9.17) is 0 Å². The lowest BCUT2D eigenvalue weighted by Gasteiger charge is -2.09. The SMILES string of the molecule is C1CCCCC1.CCC(C)CCC(C)C. The predicted molar refractivity (Wildman–Crippen MR) is 71.2 cm³/mol. The average Bonchev–Trinajstić information content (AvgIpc) is 2.29. The van der Waals surface area contributed by atoms with Gasteiger partial charge in [0.15, 0.2) is 0 Å². The van der Waals surface area contributed by atoms with Gasteiger partial charge in [-0.25, -0.2) is 0 Å². The van der Waals surface area contributed by atoms with Crippen molar-refractivity contribution in [2.75, 3.05) is 0 Å². The van der Waals surface area contributed by atoms with Gasteiger partial charge in [0, 0.05) is 0 Å². The third kappa shape index (κ3) is 11.9. The van der Waals surface area contributed by atoms with Crippen LogP contribution < -0.4 is 0 Å². The highest BCUT2D eigenvalue weighted by atomic mass is 14.1. The molecule has 0 nitrogen and oxygen atoms in total. The van der Waals surface area contributed by atoms with Gasteiger partial charge in [-0.3, -0.25) is 0 Å². The number of hydrogen-bond donors (Lipinski definition) is 0. The molecule has 1 saturated carbocycles. The molecule has 0 bridgehead atoms. The Morgan fingerprint density at radius 2 is 1.13 bits per heavy atom. The first-order valence-electron chi connectivity index (χ1n) is 7.16. The van der Waals surface area contributed by atoms with Crippen molar-refractivity contribution in [1.82, 2.24) is 0 Å². The second-order valence-electron chi connectivity index (χ2n) is 5.61. The van der Waals surface area contributed by atoms with E-state index in [1.54, 1.807) is 0 Å². The van der Waals surface area contributed by atoms with Crippen LogP contribution in [0, 0.1) is 11.8 Å². The van der Waals surface area contributed by atoms with Gasteiger partial charge in [0.05, 0.1) is 0 Å². The first kappa shape index (κ1) is 15.0. The summed E-state index contributed by atoms with van der Waals surface area (Å²) in [6.45, 7) is 9.19. The van der Waals surface area contributed by atoms with Crippen molar-refractivity contribution < 1.29 is 0 Å². The lowest BCUT2D eigenvalue weighted by atomic mass is 9.98. The van der Waals surface area contributed by atoms with Crippen molar-refractivity contribution in [2.45, 2.75) is 85.5 Å². The molecule has 0 N–H and O–H groups in total. The summed E-state index contributed by atoms with van der Waals surface area (Å²) in [5.41, 5.74) is 0. The van der Waals surface area contributed by atoms with Gasteiger partial charge < -0.3 is 0 Å². The van der Waals surface area contributed by atoms with E-state index in [2.05, 4.69) is 27.7 Å². The Labute approximate surface area is 97.8 Å². The van der Waals surface area contributed by atoms with E-state index < -0.39 is 0 Å². The molecule has 1 aliphatic carbocycles. The summed E-state index contributed by atoms with van der Waals surface area (Å²) in [6.07, 6.45) is 13.1. The molecule has 1 unspecified atom stereocenters. The van der Waals surface area contributed by atoms with E-state index in [9.17, 15) is 0 Å². The summed E-state index contributed by atoms with van der Waals surface area (Å²) in [6, 6.07) is 0. The van der Waals surface area contributed by atoms with Crippen LogP contribution in [0.1, 0.15) is 85.5 Å². The van der Waals surface area contributed by atoms with Crippen LogP contribution in [-0.2, 0) is 0 Å². The van der Waals surface area contributed by atoms with Crippen LogP contribution in [0.5, 0.6) is 0 Å². The molecule has 1 aliphatic rings. The Morgan fingerprint density at radius 1 is 0.733 bits per heavy atom. The third-order valence-electron chi connectivity index (χ3n) is 3.43. The van der Waals surface area contributed by atoms with Crippen molar-refractivity contribution in [3.8, 4) is 0 Å². The fraction of sp³-hybridized carbons (Fsp3) is 1.00. The molecular weight excluding hydrogens is 180 g/mol. The first-order valence-corrected chi connectivity index (χ1v) is 7.16. The van der Waals surface area contributed by atoms with Gasteiger partial charge in [-0.2, -0.15) is 0 Å². The maximum Gasteiger partial charge on any atom is -0.0445 e. The van der Waals surface area contributed by atoms with Gasteiger partial charge in [-0.1, -0.05) is 85.5 Å². The first-order chi connectivity index (χ1) is 7.16. The van der Waals surface area contributed by atoms with Gasteiger partial charge >= 0.3 is 0 Å². The highest BCUT2D eigenvalue weighted by Gasteiger charge is 1.99. The molecule has 0 heteroatoms. The van der Waals surface area contributed by atoms with Crippen molar-refractivity contribution in [2.24, 2.45) is 11.8 Å². The number of rotatable bonds is 4. The smallest absolute Gasteiger partial charge is 0.0445 e. The zero-order valence-corrected chi connectivity index (χ0v) is 11.5. The summed E-state index contributed by atoms with van der Waals surface area (Å²) in [4.78, 5) is 0. The fourth-order valence-corrected chi connectivity index (χ4v) is 1.88. The molecule has 0 aromatic rings. The Balaban J connectivity index is 0.000000280. The molecule has 92 valence electrons. The molecule has 0 spiro atoms. The normalized spacial score (nSPS) is 18.2. The van der Waals surface area contributed by atoms with Gasteiger partial charge in [0.25, 0.3) is 0 Å². The van der Waals surface area contributed by atoms with Crippen molar-refractivity contribution in [1.29, 1.82) is 0 Å². The van der Waals surface area contributed by atoms with Gasteiger partial charge in [0.1, 0.15) is 0 Å². The summed E-state index contributed by atoms with van der Waals surface area (Å²) in [5, 5.41) is 0.